The average molecular weight is 390 g/mol. The predicted octanol–water partition coefficient (Wildman–Crippen LogP) is 3.79. The molecule has 1 aromatic heterocycles. The van der Waals surface area contributed by atoms with Crippen LogP contribution in [-0.2, 0) is 0 Å². The lowest BCUT2D eigenvalue weighted by atomic mass is 10.1. The Hall–Kier alpha value is -2.21. The molecule has 0 atom stereocenters. The molecule has 1 heterocycles. The van der Waals surface area contributed by atoms with Crippen LogP contribution in [-0.4, -0.2) is 23.3 Å². The molecule has 0 aliphatic heterocycles. The minimum atomic E-state index is -0.363. The van der Waals surface area contributed by atoms with Crippen molar-refractivity contribution in [2.45, 2.75) is 20.8 Å². The van der Waals surface area contributed by atoms with E-state index in [4.69, 9.17) is 0 Å². The summed E-state index contributed by atoms with van der Waals surface area (Å²) in [4.78, 5) is 28.5. The van der Waals surface area contributed by atoms with E-state index in [1.54, 1.807) is 6.07 Å². The van der Waals surface area contributed by atoms with Crippen LogP contribution in [0.4, 0.5) is 5.69 Å². The third-order valence-corrected chi connectivity index (χ3v) is 3.95. The maximum absolute atomic E-state index is 12.4. The number of carbonyl (C=O) groups is 2. The maximum Gasteiger partial charge on any atom is 0.274 e. The Morgan fingerprint density at radius 1 is 1.17 bits per heavy atom. The zero-order valence-electron chi connectivity index (χ0n) is 13.9. The number of aromatic nitrogens is 1. The van der Waals surface area contributed by atoms with Gasteiger partial charge in [-0.25, -0.2) is 0 Å². The van der Waals surface area contributed by atoms with Crippen molar-refractivity contribution in [2.75, 3.05) is 11.9 Å². The van der Waals surface area contributed by atoms with Crippen LogP contribution in [0.1, 0.15) is 40.3 Å². The van der Waals surface area contributed by atoms with Crippen LogP contribution in [0.3, 0.4) is 0 Å². The van der Waals surface area contributed by atoms with Gasteiger partial charge in [0.2, 0.25) is 0 Å². The Morgan fingerprint density at radius 3 is 2.58 bits per heavy atom. The maximum atomic E-state index is 12.4. The Balaban J connectivity index is 2.12. The van der Waals surface area contributed by atoms with Gasteiger partial charge in [-0.3, -0.25) is 14.6 Å². The van der Waals surface area contributed by atoms with Crippen molar-refractivity contribution in [3.05, 3.63) is 57.8 Å². The minimum absolute atomic E-state index is 0.194. The van der Waals surface area contributed by atoms with Crippen molar-refractivity contribution in [3.8, 4) is 0 Å². The minimum Gasteiger partial charge on any atom is -0.352 e. The molecule has 2 N–H and O–H groups in total. The van der Waals surface area contributed by atoms with Crippen LogP contribution in [0.5, 0.6) is 0 Å². The lowest BCUT2D eigenvalue weighted by molar-refractivity contribution is 0.0949. The first-order valence-electron chi connectivity index (χ1n) is 7.68. The molecule has 0 saturated carbocycles. The normalized spacial score (nSPS) is 10.5. The number of carbonyl (C=O) groups excluding carboxylic acids is 2. The molecule has 5 nitrogen and oxygen atoms in total. The summed E-state index contributed by atoms with van der Waals surface area (Å²) in [6.07, 6.45) is 1.46. The van der Waals surface area contributed by atoms with Crippen LogP contribution in [0.25, 0.3) is 0 Å². The summed E-state index contributed by atoms with van der Waals surface area (Å²) < 4.78 is 0.793. The van der Waals surface area contributed by atoms with Gasteiger partial charge in [0.25, 0.3) is 11.8 Å². The number of benzene rings is 1. The highest BCUT2D eigenvalue weighted by Gasteiger charge is 2.13. The molecule has 0 aliphatic rings. The van der Waals surface area contributed by atoms with Crippen molar-refractivity contribution in [3.63, 3.8) is 0 Å². The molecule has 0 aliphatic carbocycles. The van der Waals surface area contributed by atoms with Gasteiger partial charge in [0.05, 0.1) is 5.69 Å². The van der Waals surface area contributed by atoms with Crippen LogP contribution in [0.15, 0.2) is 41.0 Å². The van der Waals surface area contributed by atoms with E-state index in [2.05, 4.69) is 31.5 Å². The standard InChI is InChI=1S/C18H20BrN3O2/c1-11(2)10-21-17(23)13-6-7-20-16(9-13)18(24)22-15-5-4-12(3)8-14(15)19/h4-9,11H,10H2,1-3H3,(H,21,23)(H,22,24). The largest absolute Gasteiger partial charge is 0.352 e. The molecule has 0 radical (unpaired) electrons. The lowest BCUT2D eigenvalue weighted by Crippen LogP contribution is -2.27. The molecular formula is C18H20BrN3O2. The molecule has 2 rings (SSSR count). The smallest absolute Gasteiger partial charge is 0.274 e. The van der Waals surface area contributed by atoms with Gasteiger partial charge in [-0.1, -0.05) is 19.9 Å². The molecular weight excluding hydrogens is 370 g/mol. The molecule has 2 aromatic rings. The summed E-state index contributed by atoms with van der Waals surface area (Å²) in [7, 11) is 0. The van der Waals surface area contributed by atoms with Gasteiger partial charge in [0.15, 0.2) is 0 Å². The Morgan fingerprint density at radius 2 is 1.92 bits per heavy atom. The molecule has 0 bridgehead atoms. The molecule has 6 heteroatoms. The van der Waals surface area contributed by atoms with Crippen LogP contribution >= 0.6 is 15.9 Å². The predicted molar refractivity (Wildman–Crippen MR) is 98.2 cm³/mol. The number of amides is 2. The first-order chi connectivity index (χ1) is 11.4. The van der Waals surface area contributed by atoms with Gasteiger partial charge in [-0.15, -0.1) is 0 Å². The number of hydrogen-bond donors (Lipinski definition) is 2. The highest BCUT2D eigenvalue weighted by molar-refractivity contribution is 9.10. The molecule has 24 heavy (non-hydrogen) atoms. The van der Waals surface area contributed by atoms with Gasteiger partial charge in [-0.05, 0) is 58.6 Å². The van der Waals surface area contributed by atoms with Gasteiger partial charge in [0, 0.05) is 22.8 Å². The zero-order chi connectivity index (χ0) is 17.7. The van der Waals surface area contributed by atoms with Gasteiger partial charge < -0.3 is 10.6 Å². The number of nitrogens with one attached hydrogen (secondary N) is 2. The molecule has 0 saturated heterocycles. The van der Waals surface area contributed by atoms with Gasteiger partial charge in [-0.2, -0.15) is 0 Å². The van der Waals surface area contributed by atoms with E-state index in [0.717, 1.165) is 10.0 Å². The second-order valence-corrected chi connectivity index (χ2v) is 6.83. The number of anilines is 1. The number of nitrogens with zero attached hydrogens (tertiary/aromatic N) is 1. The van der Waals surface area contributed by atoms with E-state index < -0.39 is 0 Å². The first kappa shape index (κ1) is 18.1. The number of rotatable bonds is 5. The monoisotopic (exact) mass is 389 g/mol. The number of hydrogen-bond acceptors (Lipinski definition) is 3. The van der Waals surface area contributed by atoms with Gasteiger partial charge >= 0.3 is 0 Å². The summed E-state index contributed by atoms with van der Waals surface area (Å²) in [5.41, 5.74) is 2.35. The second-order valence-electron chi connectivity index (χ2n) is 5.97. The van der Waals surface area contributed by atoms with Crippen molar-refractivity contribution in [2.24, 2.45) is 5.92 Å². The molecule has 0 spiro atoms. The lowest BCUT2D eigenvalue weighted by Gasteiger charge is -2.10. The van der Waals surface area contributed by atoms with Crippen molar-refractivity contribution < 1.29 is 9.59 Å². The summed E-state index contributed by atoms with van der Waals surface area (Å²) >= 11 is 3.42. The highest BCUT2D eigenvalue weighted by Crippen LogP contribution is 2.23. The second kappa shape index (κ2) is 8.06. The molecule has 0 fully saturated rings. The van der Waals surface area contributed by atoms with Crippen LogP contribution < -0.4 is 10.6 Å². The number of aryl methyl sites for hydroxylation is 1. The Bertz CT molecular complexity index is 760. The Labute approximate surface area is 150 Å². The van der Waals surface area contributed by atoms with E-state index in [1.807, 2.05) is 39.0 Å². The topological polar surface area (TPSA) is 71.1 Å². The molecule has 126 valence electrons. The number of pyridine rings is 1. The van der Waals surface area contributed by atoms with Crippen molar-refractivity contribution >= 4 is 33.4 Å². The summed E-state index contributed by atoms with van der Waals surface area (Å²) in [5, 5.41) is 5.61. The third kappa shape index (κ3) is 4.89. The zero-order valence-corrected chi connectivity index (χ0v) is 15.5. The van der Waals surface area contributed by atoms with Crippen molar-refractivity contribution in [1.29, 1.82) is 0 Å². The molecule has 0 unspecified atom stereocenters. The fourth-order valence-corrected chi connectivity index (χ4v) is 2.60. The van der Waals surface area contributed by atoms with Crippen LogP contribution in [0, 0.1) is 12.8 Å². The van der Waals surface area contributed by atoms with E-state index in [-0.39, 0.29) is 17.5 Å². The van der Waals surface area contributed by atoms with E-state index in [1.165, 1.54) is 12.3 Å². The summed E-state index contributed by atoms with van der Waals surface area (Å²) in [6.45, 7) is 6.59. The first-order valence-corrected chi connectivity index (χ1v) is 8.48. The fraction of sp³-hybridized carbons (Fsp3) is 0.278. The quantitative estimate of drug-likeness (QED) is 0.816. The summed E-state index contributed by atoms with van der Waals surface area (Å²) in [5.74, 6) is -0.216. The SMILES string of the molecule is Cc1ccc(NC(=O)c2cc(C(=O)NCC(C)C)ccn2)c(Br)c1. The van der Waals surface area contributed by atoms with E-state index >= 15 is 0 Å². The number of halogens is 1. The van der Waals surface area contributed by atoms with Crippen molar-refractivity contribution in [1.82, 2.24) is 10.3 Å². The summed E-state index contributed by atoms with van der Waals surface area (Å²) in [6, 6.07) is 8.72. The van der Waals surface area contributed by atoms with Gasteiger partial charge in [0.1, 0.15) is 5.69 Å². The average Bonchev–Trinajstić information content (AvgIpc) is 2.55. The van der Waals surface area contributed by atoms with E-state index in [9.17, 15) is 9.59 Å². The highest BCUT2D eigenvalue weighted by atomic mass is 79.9. The van der Waals surface area contributed by atoms with Crippen LogP contribution in [0.2, 0.25) is 0 Å². The van der Waals surface area contributed by atoms with E-state index in [0.29, 0.717) is 23.7 Å². The fourth-order valence-electron chi connectivity index (χ4n) is 2.00. The third-order valence-electron chi connectivity index (χ3n) is 3.30. The Kier molecular flexibility index (Phi) is 6.09. The molecule has 2 amide bonds. The molecule has 1 aromatic carbocycles.